The number of rotatable bonds is 4. The molecule has 1 atom stereocenters. The summed E-state index contributed by atoms with van der Waals surface area (Å²) in [5.41, 5.74) is 8.89. The van der Waals surface area contributed by atoms with Gasteiger partial charge in [0.05, 0.1) is 0 Å². The molecule has 0 amide bonds. The lowest BCUT2D eigenvalue weighted by Crippen LogP contribution is -2.18. The van der Waals surface area contributed by atoms with Gasteiger partial charge in [-0.25, -0.2) is 4.98 Å². The monoisotopic (exact) mass is 289 g/mol. The molecule has 0 aliphatic rings. The minimum absolute atomic E-state index is 0.0978. The fourth-order valence-corrected chi connectivity index (χ4v) is 2.98. The molecule has 2 rings (SSSR count). The average Bonchev–Trinajstić information content (AvgIpc) is 2.30. The molecular formula is C15H19N3OS. The normalized spacial score (nSPS) is 12.4. The molecule has 1 unspecified atom stereocenters. The average molecular weight is 289 g/mol. The minimum Gasteiger partial charge on any atom is -0.328 e. The lowest BCUT2D eigenvalue weighted by atomic mass is 10.1. The molecule has 3 N–H and O–H groups in total. The molecule has 20 heavy (non-hydrogen) atoms. The van der Waals surface area contributed by atoms with Gasteiger partial charge in [-0.05, 0) is 38.8 Å². The summed E-state index contributed by atoms with van der Waals surface area (Å²) >= 11 is 1.47. The van der Waals surface area contributed by atoms with Gasteiger partial charge in [-0.15, -0.1) is 0 Å². The molecule has 0 aliphatic carbocycles. The Kier molecular flexibility index (Phi) is 4.62. The van der Waals surface area contributed by atoms with Crippen LogP contribution in [0.3, 0.4) is 0 Å². The van der Waals surface area contributed by atoms with Crippen molar-refractivity contribution in [3.63, 3.8) is 0 Å². The van der Waals surface area contributed by atoms with E-state index in [0.29, 0.717) is 5.16 Å². The first-order valence-corrected chi connectivity index (χ1v) is 7.36. The third kappa shape index (κ3) is 3.95. The molecule has 0 saturated carbocycles. The molecule has 0 aliphatic heterocycles. The molecule has 5 heteroatoms. The first kappa shape index (κ1) is 14.8. The number of benzene rings is 1. The van der Waals surface area contributed by atoms with Crippen LogP contribution in [0.2, 0.25) is 0 Å². The topological polar surface area (TPSA) is 71.8 Å². The van der Waals surface area contributed by atoms with Gasteiger partial charge in [-0.3, -0.25) is 4.79 Å². The third-order valence-electron chi connectivity index (χ3n) is 2.81. The lowest BCUT2D eigenvalue weighted by molar-refractivity contribution is 0.728. The van der Waals surface area contributed by atoms with Gasteiger partial charge in [0.15, 0.2) is 5.16 Å². The Bertz CT molecular complexity index is 664. The molecule has 1 heterocycles. The van der Waals surface area contributed by atoms with Crippen LogP contribution in [0.5, 0.6) is 0 Å². The van der Waals surface area contributed by atoms with Gasteiger partial charge < -0.3 is 10.7 Å². The number of nitrogens with one attached hydrogen (secondary N) is 1. The van der Waals surface area contributed by atoms with Gasteiger partial charge in [0.2, 0.25) is 0 Å². The fourth-order valence-electron chi connectivity index (χ4n) is 2.02. The summed E-state index contributed by atoms with van der Waals surface area (Å²) in [6.45, 7) is 5.87. The van der Waals surface area contributed by atoms with Crippen LogP contribution in [0.25, 0.3) is 0 Å². The van der Waals surface area contributed by atoms with Crippen molar-refractivity contribution in [2.24, 2.45) is 5.73 Å². The van der Waals surface area contributed by atoms with Crippen LogP contribution in [0, 0.1) is 13.8 Å². The number of aryl methyl sites for hydroxylation is 2. The van der Waals surface area contributed by atoms with E-state index in [2.05, 4.69) is 35.1 Å². The van der Waals surface area contributed by atoms with E-state index in [0.717, 1.165) is 17.0 Å². The molecule has 0 spiro atoms. The van der Waals surface area contributed by atoms with E-state index < -0.39 is 0 Å². The second-order valence-electron chi connectivity index (χ2n) is 5.09. The van der Waals surface area contributed by atoms with E-state index in [-0.39, 0.29) is 11.6 Å². The molecule has 1 aromatic carbocycles. The summed E-state index contributed by atoms with van der Waals surface area (Å²) < 4.78 is 0. The van der Waals surface area contributed by atoms with Crippen molar-refractivity contribution < 1.29 is 0 Å². The van der Waals surface area contributed by atoms with Crippen molar-refractivity contribution in [2.45, 2.75) is 43.3 Å². The largest absolute Gasteiger partial charge is 0.328 e. The third-order valence-corrected chi connectivity index (χ3v) is 3.82. The van der Waals surface area contributed by atoms with Crippen LogP contribution in [0.15, 0.2) is 39.1 Å². The van der Waals surface area contributed by atoms with Crippen LogP contribution in [-0.2, 0) is 6.42 Å². The van der Waals surface area contributed by atoms with Gasteiger partial charge >= 0.3 is 0 Å². The molecule has 106 valence electrons. The predicted octanol–water partition coefficient (Wildman–Crippen LogP) is 2.43. The molecule has 0 bridgehead atoms. The number of hydrogen-bond acceptors (Lipinski definition) is 4. The number of aromatic nitrogens is 2. The lowest BCUT2D eigenvalue weighted by Gasteiger charge is -2.12. The summed E-state index contributed by atoms with van der Waals surface area (Å²) in [6, 6.07) is 7.84. The highest BCUT2D eigenvalue weighted by atomic mass is 32.2. The van der Waals surface area contributed by atoms with Crippen LogP contribution in [0.4, 0.5) is 0 Å². The zero-order valence-electron chi connectivity index (χ0n) is 11.9. The van der Waals surface area contributed by atoms with Crippen molar-refractivity contribution in [3.8, 4) is 0 Å². The Morgan fingerprint density at radius 1 is 1.35 bits per heavy atom. The Labute approximate surface area is 122 Å². The van der Waals surface area contributed by atoms with Crippen LogP contribution < -0.4 is 11.3 Å². The van der Waals surface area contributed by atoms with Gasteiger partial charge in [0, 0.05) is 22.7 Å². The zero-order valence-corrected chi connectivity index (χ0v) is 12.8. The van der Waals surface area contributed by atoms with Crippen molar-refractivity contribution in [2.75, 3.05) is 0 Å². The van der Waals surface area contributed by atoms with Crippen molar-refractivity contribution in [1.29, 1.82) is 0 Å². The van der Waals surface area contributed by atoms with Crippen LogP contribution in [0.1, 0.15) is 23.7 Å². The molecule has 4 nitrogen and oxygen atoms in total. The quantitative estimate of drug-likeness (QED) is 0.848. The Balaban J connectivity index is 2.34. The predicted molar refractivity (Wildman–Crippen MR) is 82.3 cm³/mol. The van der Waals surface area contributed by atoms with E-state index in [1.54, 1.807) is 0 Å². The molecule has 0 saturated heterocycles. The van der Waals surface area contributed by atoms with Crippen molar-refractivity contribution >= 4 is 11.8 Å². The number of nitrogens with two attached hydrogens (primary N) is 1. The highest BCUT2D eigenvalue weighted by Crippen LogP contribution is 2.29. The maximum atomic E-state index is 11.5. The summed E-state index contributed by atoms with van der Waals surface area (Å²) in [7, 11) is 0. The number of H-pyrrole nitrogens is 1. The van der Waals surface area contributed by atoms with E-state index >= 15 is 0 Å². The molecule has 0 radical (unpaired) electrons. The summed E-state index contributed by atoms with van der Waals surface area (Å²) in [6.07, 6.45) is 0.806. The first-order valence-electron chi connectivity index (χ1n) is 6.55. The molecular weight excluding hydrogens is 270 g/mol. The van der Waals surface area contributed by atoms with Crippen LogP contribution >= 0.6 is 11.8 Å². The van der Waals surface area contributed by atoms with Crippen molar-refractivity contribution in [3.05, 3.63) is 51.4 Å². The van der Waals surface area contributed by atoms with Gasteiger partial charge in [0.1, 0.15) is 0 Å². The molecule has 1 aromatic heterocycles. The number of nitrogens with zero attached hydrogens (tertiary/aromatic N) is 1. The maximum Gasteiger partial charge on any atom is 0.251 e. The second-order valence-corrected chi connectivity index (χ2v) is 6.12. The number of aromatic amines is 1. The van der Waals surface area contributed by atoms with E-state index in [1.807, 2.05) is 13.8 Å². The maximum absolute atomic E-state index is 11.5. The van der Waals surface area contributed by atoms with E-state index in [4.69, 9.17) is 5.73 Å². The van der Waals surface area contributed by atoms with Gasteiger partial charge in [-0.1, -0.05) is 29.5 Å². The van der Waals surface area contributed by atoms with E-state index in [1.165, 1.54) is 29.0 Å². The van der Waals surface area contributed by atoms with Gasteiger partial charge in [0.25, 0.3) is 5.56 Å². The smallest absolute Gasteiger partial charge is 0.251 e. The second kappa shape index (κ2) is 6.24. The minimum atomic E-state index is -0.124. The number of hydrogen-bond donors (Lipinski definition) is 2. The standard InChI is InChI=1S/C15H19N3OS/c1-9-4-5-13(12(6-9)7-10(2)16)20-15-17-11(3)8-14(19)18-15/h4-6,8,10H,7,16H2,1-3H3,(H,17,18,19). The highest BCUT2D eigenvalue weighted by molar-refractivity contribution is 7.99. The summed E-state index contributed by atoms with van der Waals surface area (Å²) in [5.74, 6) is 0. The van der Waals surface area contributed by atoms with Gasteiger partial charge in [-0.2, -0.15) is 0 Å². The Morgan fingerprint density at radius 2 is 2.10 bits per heavy atom. The fraction of sp³-hybridized carbons (Fsp3) is 0.333. The molecule has 0 fully saturated rings. The summed E-state index contributed by atoms with van der Waals surface area (Å²) in [4.78, 5) is 19.7. The Hall–Kier alpha value is -1.59. The Morgan fingerprint density at radius 3 is 2.75 bits per heavy atom. The highest BCUT2D eigenvalue weighted by Gasteiger charge is 2.09. The first-order chi connectivity index (χ1) is 9.44. The van der Waals surface area contributed by atoms with Crippen LogP contribution in [-0.4, -0.2) is 16.0 Å². The molecule has 2 aromatic rings. The zero-order chi connectivity index (χ0) is 14.7. The van der Waals surface area contributed by atoms with Crippen molar-refractivity contribution in [1.82, 2.24) is 9.97 Å². The van der Waals surface area contributed by atoms with E-state index in [9.17, 15) is 4.79 Å². The SMILES string of the molecule is Cc1ccc(Sc2nc(C)cc(=O)[nH]2)c(CC(C)N)c1. The summed E-state index contributed by atoms with van der Waals surface area (Å²) in [5, 5.41) is 0.616.